The first-order chi connectivity index (χ1) is 8.75. The van der Waals surface area contributed by atoms with E-state index in [1.165, 1.54) is 0 Å². The molecule has 0 radical (unpaired) electrons. The molecule has 0 spiro atoms. The summed E-state index contributed by atoms with van der Waals surface area (Å²) in [6, 6.07) is 0. The third kappa shape index (κ3) is 3.82. The molecule has 1 aliphatic rings. The zero-order chi connectivity index (χ0) is 12.8. The summed E-state index contributed by atoms with van der Waals surface area (Å²) < 4.78 is 7.09. The molecule has 0 aliphatic carbocycles. The Morgan fingerprint density at radius 2 is 2.28 bits per heavy atom. The molecule has 100 valence electrons. The van der Waals surface area contributed by atoms with Crippen LogP contribution in [0.5, 0.6) is 0 Å². The first-order valence-electron chi connectivity index (χ1n) is 6.31. The second kappa shape index (κ2) is 6.51. The van der Waals surface area contributed by atoms with Gasteiger partial charge in [-0.25, -0.2) is 0 Å². The van der Waals surface area contributed by atoms with Gasteiger partial charge >= 0.3 is 0 Å². The van der Waals surface area contributed by atoms with Gasteiger partial charge in [0.1, 0.15) is 0 Å². The number of hydrogen-bond acceptors (Lipinski definition) is 4. The van der Waals surface area contributed by atoms with E-state index >= 15 is 0 Å². The predicted molar refractivity (Wildman–Crippen MR) is 67.2 cm³/mol. The Bertz CT molecular complexity index is 385. The van der Waals surface area contributed by atoms with Gasteiger partial charge in [0.15, 0.2) is 0 Å². The lowest BCUT2D eigenvalue weighted by molar-refractivity contribution is -0.134. The number of carbonyl (C=O) groups is 1. The maximum atomic E-state index is 11.8. The average molecular weight is 252 g/mol. The SMILES string of the molecule is Cc1cnn(CCNCC(=O)N2CCOCC2)c1. The van der Waals surface area contributed by atoms with E-state index in [0.29, 0.717) is 32.8 Å². The summed E-state index contributed by atoms with van der Waals surface area (Å²) in [6.07, 6.45) is 3.82. The molecule has 1 aromatic heterocycles. The van der Waals surface area contributed by atoms with E-state index < -0.39 is 0 Å². The smallest absolute Gasteiger partial charge is 0.236 e. The lowest BCUT2D eigenvalue weighted by Crippen LogP contribution is -2.45. The number of carbonyl (C=O) groups excluding carboxylic acids is 1. The third-order valence-electron chi connectivity index (χ3n) is 2.92. The molecule has 1 saturated heterocycles. The zero-order valence-corrected chi connectivity index (χ0v) is 10.8. The normalized spacial score (nSPS) is 15.9. The first-order valence-corrected chi connectivity index (χ1v) is 6.31. The quantitative estimate of drug-likeness (QED) is 0.727. The molecule has 18 heavy (non-hydrogen) atoms. The highest BCUT2D eigenvalue weighted by Crippen LogP contribution is 1.96. The number of aromatic nitrogens is 2. The summed E-state index contributed by atoms with van der Waals surface area (Å²) in [7, 11) is 0. The van der Waals surface area contributed by atoms with Gasteiger partial charge in [-0.3, -0.25) is 9.48 Å². The Morgan fingerprint density at radius 3 is 2.94 bits per heavy atom. The molecule has 2 heterocycles. The fourth-order valence-electron chi connectivity index (χ4n) is 1.90. The van der Waals surface area contributed by atoms with E-state index in [9.17, 15) is 4.79 Å². The van der Waals surface area contributed by atoms with Crippen LogP contribution in [-0.4, -0.2) is 60.0 Å². The van der Waals surface area contributed by atoms with Crippen molar-refractivity contribution in [3.8, 4) is 0 Å². The lowest BCUT2D eigenvalue weighted by atomic mass is 10.4. The number of rotatable bonds is 5. The highest BCUT2D eigenvalue weighted by atomic mass is 16.5. The van der Waals surface area contributed by atoms with Crippen molar-refractivity contribution in [2.24, 2.45) is 0 Å². The van der Waals surface area contributed by atoms with Crippen molar-refractivity contribution in [3.63, 3.8) is 0 Å². The highest BCUT2D eigenvalue weighted by Gasteiger charge is 2.15. The van der Waals surface area contributed by atoms with Crippen LogP contribution in [0.25, 0.3) is 0 Å². The van der Waals surface area contributed by atoms with E-state index in [4.69, 9.17) is 4.74 Å². The number of nitrogens with one attached hydrogen (secondary N) is 1. The fraction of sp³-hybridized carbons (Fsp3) is 0.667. The minimum Gasteiger partial charge on any atom is -0.378 e. The van der Waals surface area contributed by atoms with Gasteiger partial charge in [-0.05, 0) is 12.5 Å². The van der Waals surface area contributed by atoms with Gasteiger partial charge < -0.3 is 15.0 Å². The number of nitrogens with zero attached hydrogens (tertiary/aromatic N) is 3. The molecule has 0 saturated carbocycles. The minimum absolute atomic E-state index is 0.148. The molecule has 1 aromatic rings. The molecular weight excluding hydrogens is 232 g/mol. The number of aryl methyl sites for hydroxylation is 1. The predicted octanol–water partition coefficient (Wildman–Crippen LogP) is -0.360. The van der Waals surface area contributed by atoms with Crippen LogP contribution in [0, 0.1) is 6.92 Å². The third-order valence-corrected chi connectivity index (χ3v) is 2.92. The van der Waals surface area contributed by atoms with Crippen molar-refractivity contribution < 1.29 is 9.53 Å². The van der Waals surface area contributed by atoms with E-state index in [1.807, 2.05) is 28.9 Å². The van der Waals surface area contributed by atoms with E-state index in [2.05, 4.69) is 10.4 Å². The molecule has 6 heteroatoms. The van der Waals surface area contributed by atoms with Crippen LogP contribution in [0.2, 0.25) is 0 Å². The average Bonchev–Trinajstić information content (AvgIpc) is 2.81. The topological polar surface area (TPSA) is 59.4 Å². The molecule has 1 amide bonds. The van der Waals surface area contributed by atoms with Crippen LogP contribution < -0.4 is 5.32 Å². The van der Waals surface area contributed by atoms with Gasteiger partial charge in [0.05, 0.1) is 32.5 Å². The fourth-order valence-corrected chi connectivity index (χ4v) is 1.90. The maximum Gasteiger partial charge on any atom is 0.236 e. The molecule has 0 atom stereocenters. The monoisotopic (exact) mass is 252 g/mol. The molecule has 0 bridgehead atoms. The summed E-state index contributed by atoms with van der Waals surface area (Å²) in [5.41, 5.74) is 1.15. The van der Waals surface area contributed by atoms with Gasteiger partial charge in [-0.15, -0.1) is 0 Å². The van der Waals surface area contributed by atoms with Gasteiger partial charge in [-0.1, -0.05) is 0 Å². The van der Waals surface area contributed by atoms with Crippen LogP contribution >= 0.6 is 0 Å². The summed E-state index contributed by atoms with van der Waals surface area (Å²) in [6.45, 7) is 6.65. The standard InChI is InChI=1S/C12H20N4O2/c1-11-8-14-16(10-11)3-2-13-9-12(17)15-4-6-18-7-5-15/h8,10,13H,2-7,9H2,1H3. The van der Waals surface area contributed by atoms with Crippen molar-refractivity contribution in [2.45, 2.75) is 13.5 Å². The maximum absolute atomic E-state index is 11.8. The zero-order valence-electron chi connectivity index (χ0n) is 10.8. The van der Waals surface area contributed by atoms with Crippen LogP contribution in [0.4, 0.5) is 0 Å². The van der Waals surface area contributed by atoms with Gasteiger partial charge in [0.25, 0.3) is 0 Å². The molecular formula is C12H20N4O2. The molecule has 6 nitrogen and oxygen atoms in total. The Labute approximate surface area is 107 Å². The first kappa shape index (κ1) is 13.0. The second-order valence-corrected chi connectivity index (χ2v) is 4.45. The van der Waals surface area contributed by atoms with Crippen molar-refractivity contribution in [1.29, 1.82) is 0 Å². The molecule has 1 aliphatic heterocycles. The summed E-state index contributed by atoms with van der Waals surface area (Å²) in [4.78, 5) is 13.6. The largest absolute Gasteiger partial charge is 0.378 e. The molecule has 1 fully saturated rings. The van der Waals surface area contributed by atoms with Crippen LogP contribution in [0.15, 0.2) is 12.4 Å². The minimum atomic E-state index is 0.148. The van der Waals surface area contributed by atoms with Gasteiger partial charge in [-0.2, -0.15) is 5.10 Å². The van der Waals surface area contributed by atoms with E-state index in [1.54, 1.807) is 0 Å². The van der Waals surface area contributed by atoms with Crippen molar-refractivity contribution >= 4 is 5.91 Å². The summed E-state index contributed by atoms with van der Waals surface area (Å²) in [5, 5.41) is 7.33. The number of hydrogen-bond donors (Lipinski definition) is 1. The summed E-state index contributed by atoms with van der Waals surface area (Å²) in [5.74, 6) is 0.148. The lowest BCUT2D eigenvalue weighted by Gasteiger charge is -2.26. The van der Waals surface area contributed by atoms with Crippen molar-refractivity contribution in [1.82, 2.24) is 20.0 Å². The van der Waals surface area contributed by atoms with E-state index in [0.717, 1.165) is 18.7 Å². The highest BCUT2D eigenvalue weighted by molar-refractivity contribution is 5.78. The Hall–Kier alpha value is -1.40. The molecule has 0 aromatic carbocycles. The van der Waals surface area contributed by atoms with Gasteiger partial charge in [0, 0.05) is 25.8 Å². The van der Waals surface area contributed by atoms with Crippen LogP contribution in [-0.2, 0) is 16.1 Å². The van der Waals surface area contributed by atoms with Crippen LogP contribution in [0.1, 0.15) is 5.56 Å². The number of morpholine rings is 1. The summed E-state index contributed by atoms with van der Waals surface area (Å²) >= 11 is 0. The Kier molecular flexibility index (Phi) is 4.72. The second-order valence-electron chi connectivity index (χ2n) is 4.45. The Morgan fingerprint density at radius 1 is 1.50 bits per heavy atom. The van der Waals surface area contributed by atoms with E-state index in [-0.39, 0.29) is 5.91 Å². The van der Waals surface area contributed by atoms with Crippen LogP contribution in [0.3, 0.4) is 0 Å². The molecule has 2 rings (SSSR count). The molecule has 0 unspecified atom stereocenters. The Balaban J connectivity index is 1.61. The van der Waals surface area contributed by atoms with Crippen molar-refractivity contribution in [3.05, 3.63) is 18.0 Å². The number of ether oxygens (including phenoxy) is 1. The van der Waals surface area contributed by atoms with Gasteiger partial charge in [0.2, 0.25) is 5.91 Å². The molecule has 1 N–H and O–H groups in total. The number of amides is 1. The van der Waals surface area contributed by atoms with Crippen molar-refractivity contribution in [2.75, 3.05) is 39.4 Å².